The molecule has 0 atom stereocenters. The van der Waals surface area contributed by atoms with Crippen molar-refractivity contribution in [1.82, 2.24) is 9.66 Å². The first-order valence-corrected chi connectivity index (χ1v) is 13.6. The lowest BCUT2D eigenvalue weighted by molar-refractivity contribution is -0.118. The van der Waals surface area contributed by atoms with Crippen LogP contribution in [0.3, 0.4) is 0 Å². The zero-order valence-electron chi connectivity index (χ0n) is 20.1. The fraction of sp³-hybridized carbons (Fsp3) is 0.154. The number of benzene rings is 3. The molecular weight excluding hydrogens is 691 g/mol. The van der Waals surface area contributed by atoms with E-state index in [1.54, 1.807) is 24.3 Å². The summed E-state index contributed by atoms with van der Waals surface area (Å²) in [7, 11) is 1.45. The summed E-state index contributed by atoms with van der Waals surface area (Å²) < 4.78 is 28.0. The van der Waals surface area contributed by atoms with E-state index in [-0.39, 0.29) is 17.0 Å². The molecule has 1 aromatic heterocycles. The Morgan fingerprint density at radius 2 is 1.92 bits per heavy atom. The fourth-order valence-electron chi connectivity index (χ4n) is 3.53. The number of hydrogen-bond donors (Lipinski definition) is 1. The number of nitrogens with one attached hydrogen (secondary N) is 1. The second-order valence-corrected chi connectivity index (χ2v) is 10.3. The molecular formula is C26H20Br3FN4O4. The van der Waals surface area contributed by atoms with Gasteiger partial charge in [0.2, 0.25) is 0 Å². The summed E-state index contributed by atoms with van der Waals surface area (Å²) in [6, 6.07) is 12.8. The van der Waals surface area contributed by atoms with Gasteiger partial charge in [-0.2, -0.15) is 9.78 Å². The predicted molar refractivity (Wildman–Crippen MR) is 155 cm³/mol. The molecule has 0 saturated carbocycles. The summed E-state index contributed by atoms with van der Waals surface area (Å²) in [6.45, 7) is 1.50. The minimum Gasteiger partial charge on any atom is -0.493 e. The van der Waals surface area contributed by atoms with Crippen molar-refractivity contribution >= 4 is 76.5 Å². The largest absolute Gasteiger partial charge is 0.493 e. The molecule has 0 saturated heterocycles. The Kier molecular flexibility index (Phi) is 8.95. The van der Waals surface area contributed by atoms with E-state index in [1.807, 2.05) is 13.0 Å². The molecule has 4 rings (SSSR count). The van der Waals surface area contributed by atoms with Gasteiger partial charge in [-0.25, -0.2) is 9.37 Å². The normalized spacial score (nSPS) is 11.2. The molecule has 38 heavy (non-hydrogen) atoms. The van der Waals surface area contributed by atoms with Gasteiger partial charge in [-0.3, -0.25) is 9.59 Å². The van der Waals surface area contributed by atoms with E-state index in [4.69, 9.17) is 9.47 Å². The van der Waals surface area contributed by atoms with Crippen LogP contribution in [0.5, 0.6) is 11.5 Å². The highest BCUT2D eigenvalue weighted by molar-refractivity contribution is 9.13. The maximum absolute atomic E-state index is 13.8. The van der Waals surface area contributed by atoms with Crippen molar-refractivity contribution in [2.75, 3.05) is 19.0 Å². The van der Waals surface area contributed by atoms with Crippen LogP contribution in [-0.4, -0.2) is 35.5 Å². The quantitative estimate of drug-likeness (QED) is 0.217. The van der Waals surface area contributed by atoms with Crippen LogP contribution in [0.2, 0.25) is 0 Å². The average molecular weight is 711 g/mol. The summed E-state index contributed by atoms with van der Waals surface area (Å²) in [5.74, 6) is -0.0324. The highest BCUT2D eigenvalue weighted by Gasteiger charge is 2.18. The van der Waals surface area contributed by atoms with E-state index in [0.717, 1.165) is 4.47 Å². The SMILES string of the molecule is CCc1nc2ccc(Br)cc2c(=O)n1N=Cc1cc(OC)c(OCC(=O)Nc2ccccc2F)c(Br)c1Br. The van der Waals surface area contributed by atoms with Crippen molar-refractivity contribution in [2.45, 2.75) is 13.3 Å². The van der Waals surface area contributed by atoms with Crippen LogP contribution in [0.1, 0.15) is 18.3 Å². The molecule has 3 aromatic carbocycles. The second-order valence-electron chi connectivity index (χ2n) is 7.85. The molecule has 1 heterocycles. The molecule has 196 valence electrons. The standard InChI is InChI=1S/C26H20Br3FN4O4/c1-3-21-32-18-9-8-15(27)11-16(18)26(36)34(21)31-12-14-10-20(37-2)25(24(29)23(14)28)38-13-22(35)33-19-7-5-4-6-17(19)30/h4-12H,3,13H2,1-2H3,(H,33,35). The Hall–Kier alpha value is -3.09. The van der Waals surface area contributed by atoms with Crippen LogP contribution in [0, 0.1) is 5.82 Å². The highest BCUT2D eigenvalue weighted by atomic mass is 79.9. The number of anilines is 1. The van der Waals surface area contributed by atoms with Crippen molar-refractivity contribution < 1.29 is 18.7 Å². The Balaban J connectivity index is 1.62. The molecule has 12 heteroatoms. The molecule has 0 aliphatic heterocycles. The van der Waals surface area contributed by atoms with Gasteiger partial charge < -0.3 is 14.8 Å². The fourth-order valence-corrected chi connectivity index (χ4v) is 4.83. The van der Waals surface area contributed by atoms with E-state index in [9.17, 15) is 14.0 Å². The number of carbonyl (C=O) groups is 1. The van der Waals surface area contributed by atoms with E-state index >= 15 is 0 Å². The van der Waals surface area contributed by atoms with Crippen LogP contribution < -0.4 is 20.3 Å². The monoisotopic (exact) mass is 708 g/mol. The third-order valence-corrected chi connectivity index (χ3v) is 8.01. The van der Waals surface area contributed by atoms with Gasteiger partial charge in [0.25, 0.3) is 11.5 Å². The number of para-hydroxylation sites is 1. The van der Waals surface area contributed by atoms with Gasteiger partial charge in [-0.15, -0.1) is 0 Å². The molecule has 0 spiro atoms. The number of fused-ring (bicyclic) bond motifs is 1. The summed E-state index contributed by atoms with van der Waals surface area (Å²) in [5, 5.41) is 7.32. The number of hydrogen-bond acceptors (Lipinski definition) is 6. The number of carbonyl (C=O) groups excluding carboxylic acids is 1. The third-order valence-electron chi connectivity index (χ3n) is 5.38. The molecule has 1 N–H and O–H groups in total. The average Bonchev–Trinajstić information content (AvgIpc) is 2.91. The van der Waals surface area contributed by atoms with Gasteiger partial charge in [0.15, 0.2) is 18.1 Å². The van der Waals surface area contributed by atoms with E-state index in [2.05, 4.69) is 63.2 Å². The van der Waals surface area contributed by atoms with Crippen molar-refractivity contribution in [1.29, 1.82) is 0 Å². The van der Waals surface area contributed by atoms with Crippen LogP contribution in [-0.2, 0) is 11.2 Å². The van der Waals surface area contributed by atoms with Crippen molar-refractivity contribution in [3.05, 3.63) is 89.5 Å². The van der Waals surface area contributed by atoms with E-state index in [0.29, 0.717) is 43.4 Å². The maximum atomic E-state index is 13.8. The zero-order chi connectivity index (χ0) is 27.4. The Labute approximate surface area is 242 Å². The molecule has 0 unspecified atom stereocenters. The Morgan fingerprint density at radius 3 is 2.63 bits per heavy atom. The summed E-state index contributed by atoms with van der Waals surface area (Å²) in [6.07, 6.45) is 1.99. The van der Waals surface area contributed by atoms with Crippen LogP contribution in [0.25, 0.3) is 10.9 Å². The number of halogens is 4. The molecule has 0 fully saturated rings. The summed E-state index contributed by atoms with van der Waals surface area (Å²) in [5.41, 5.74) is 0.914. The lowest BCUT2D eigenvalue weighted by atomic mass is 10.2. The number of amides is 1. The summed E-state index contributed by atoms with van der Waals surface area (Å²) in [4.78, 5) is 30.1. The minimum atomic E-state index is -0.550. The maximum Gasteiger partial charge on any atom is 0.282 e. The van der Waals surface area contributed by atoms with Gasteiger partial charge in [-0.1, -0.05) is 35.0 Å². The molecule has 0 radical (unpaired) electrons. The number of aryl methyl sites for hydroxylation is 1. The topological polar surface area (TPSA) is 94.8 Å². The number of nitrogens with zero attached hydrogens (tertiary/aromatic N) is 3. The lowest BCUT2D eigenvalue weighted by Gasteiger charge is -2.15. The van der Waals surface area contributed by atoms with Gasteiger partial charge in [0.1, 0.15) is 11.6 Å². The second kappa shape index (κ2) is 12.2. The van der Waals surface area contributed by atoms with Gasteiger partial charge in [-0.05, 0) is 68.3 Å². The van der Waals surface area contributed by atoms with Crippen molar-refractivity contribution in [2.24, 2.45) is 5.10 Å². The number of rotatable bonds is 8. The van der Waals surface area contributed by atoms with Crippen LogP contribution >= 0.6 is 47.8 Å². The van der Waals surface area contributed by atoms with Crippen molar-refractivity contribution in [3.63, 3.8) is 0 Å². The lowest BCUT2D eigenvalue weighted by Crippen LogP contribution is -2.22. The molecule has 4 aromatic rings. The molecule has 0 aliphatic carbocycles. The van der Waals surface area contributed by atoms with Crippen molar-refractivity contribution in [3.8, 4) is 11.5 Å². The Bertz CT molecular complexity index is 1620. The van der Waals surface area contributed by atoms with E-state index in [1.165, 1.54) is 36.2 Å². The third kappa shape index (κ3) is 5.97. The zero-order valence-corrected chi connectivity index (χ0v) is 24.9. The van der Waals surface area contributed by atoms with Gasteiger partial charge >= 0.3 is 0 Å². The number of aromatic nitrogens is 2. The Morgan fingerprint density at radius 1 is 1.16 bits per heavy atom. The van der Waals surface area contributed by atoms with Gasteiger partial charge in [0, 0.05) is 20.9 Å². The minimum absolute atomic E-state index is 0.0529. The number of methoxy groups -OCH3 is 1. The highest BCUT2D eigenvalue weighted by Crippen LogP contribution is 2.42. The molecule has 8 nitrogen and oxygen atoms in total. The molecule has 1 amide bonds. The first-order chi connectivity index (χ1) is 18.2. The molecule has 0 bridgehead atoms. The molecule has 0 aliphatic rings. The van der Waals surface area contributed by atoms with Crippen LogP contribution in [0.15, 0.2) is 71.8 Å². The predicted octanol–water partition coefficient (Wildman–Crippen LogP) is 6.29. The van der Waals surface area contributed by atoms with Crippen LogP contribution in [0.4, 0.5) is 10.1 Å². The smallest absolute Gasteiger partial charge is 0.282 e. The first-order valence-electron chi connectivity index (χ1n) is 11.2. The van der Waals surface area contributed by atoms with E-state index < -0.39 is 18.3 Å². The first kappa shape index (κ1) is 27.9. The number of ether oxygens (including phenoxy) is 2. The summed E-state index contributed by atoms with van der Waals surface area (Å²) >= 11 is 10.4. The van der Waals surface area contributed by atoms with Gasteiger partial charge in [0.05, 0.1) is 34.4 Å².